The molecule has 5 N–H and O–H groups in total. The van der Waals surface area contributed by atoms with Gasteiger partial charge in [0, 0.05) is 38.3 Å². The number of nitrogens with zero attached hydrogens (tertiary/aromatic N) is 1. The summed E-state index contributed by atoms with van der Waals surface area (Å²) in [6, 6.07) is 15.1. The zero-order valence-corrected chi connectivity index (χ0v) is 13.9. The third kappa shape index (κ3) is 5.96. The fourth-order valence-electron chi connectivity index (χ4n) is 2.64. The minimum atomic E-state index is -1.33. The van der Waals surface area contributed by atoms with Crippen molar-refractivity contribution in [3.63, 3.8) is 0 Å². The van der Waals surface area contributed by atoms with Crippen molar-refractivity contribution in [2.75, 3.05) is 36.4 Å². The van der Waals surface area contributed by atoms with Gasteiger partial charge in [-0.05, 0) is 18.2 Å². The fourth-order valence-corrected chi connectivity index (χ4v) is 2.64. The molecule has 1 aliphatic heterocycles. The second-order valence-electron chi connectivity index (χ2n) is 5.54. The number of carbonyl (C=O) groups is 1. The van der Waals surface area contributed by atoms with Crippen LogP contribution >= 0.6 is 0 Å². The number of hydrogen-bond acceptors (Lipinski definition) is 4. The third-order valence-electron chi connectivity index (χ3n) is 3.79. The van der Waals surface area contributed by atoms with Crippen LogP contribution in [0.1, 0.15) is 5.56 Å². The van der Waals surface area contributed by atoms with E-state index in [1.165, 1.54) is 11.8 Å². The molecule has 0 aromatic heterocycles. The van der Waals surface area contributed by atoms with Gasteiger partial charge in [0.1, 0.15) is 5.82 Å². The van der Waals surface area contributed by atoms with E-state index in [1.807, 2.05) is 24.3 Å². The number of para-hydroxylation sites is 2. The molecule has 2 aromatic carbocycles. The molecule has 6 nitrogen and oxygen atoms in total. The van der Waals surface area contributed by atoms with Crippen molar-refractivity contribution in [3.05, 3.63) is 59.9 Å². The van der Waals surface area contributed by atoms with Gasteiger partial charge >= 0.3 is 6.09 Å². The summed E-state index contributed by atoms with van der Waals surface area (Å²) >= 11 is 0. The number of halogens is 1. The van der Waals surface area contributed by atoms with Gasteiger partial charge in [-0.2, -0.15) is 0 Å². The average molecular weight is 346 g/mol. The Labute approximate surface area is 146 Å². The molecule has 25 heavy (non-hydrogen) atoms. The number of hydrogen-bond donors (Lipinski definition) is 4. The van der Waals surface area contributed by atoms with Crippen LogP contribution in [0, 0.1) is 5.82 Å². The van der Waals surface area contributed by atoms with E-state index in [-0.39, 0.29) is 5.82 Å². The molecule has 2 aromatic rings. The average Bonchev–Trinajstić information content (AvgIpc) is 2.62. The normalized spacial score (nSPS) is 13.6. The molecular formula is C18H23FN4O2. The van der Waals surface area contributed by atoms with E-state index < -0.39 is 6.09 Å². The highest BCUT2D eigenvalue weighted by Crippen LogP contribution is 2.26. The monoisotopic (exact) mass is 346 g/mol. The number of primary amides is 1. The first-order valence-corrected chi connectivity index (χ1v) is 8.08. The molecular weight excluding hydrogens is 323 g/mol. The highest BCUT2D eigenvalue weighted by Gasteiger charge is 2.13. The van der Waals surface area contributed by atoms with Crippen molar-refractivity contribution in [1.82, 2.24) is 5.32 Å². The highest BCUT2D eigenvalue weighted by atomic mass is 19.1. The summed E-state index contributed by atoms with van der Waals surface area (Å²) in [6.45, 7) is 4.50. The largest absolute Gasteiger partial charge is 0.465 e. The van der Waals surface area contributed by atoms with Crippen molar-refractivity contribution in [2.45, 2.75) is 6.54 Å². The molecule has 0 radical (unpaired) electrons. The molecule has 7 heteroatoms. The molecule has 1 fully saturated rings. The summed E-state index contributed by atoms with van der Waals surface area (Å²) in [5.74, 6) is -0.162. The molecule has 0 saturated carbocycles. The quantitative estimate of drug-likeness (QED) is 0.683. The Kier molecular flexibility index (Phi) is 7.03. The van der Waals surface area contributed by atoms with E-state index in [0.717, 1.165) is 31.9 Å². The molecule has 134 valence electrons. The summed E-state index contributed by atoms with van der Waals surface area (Å²) in [7, 11) is 0. The van der Waals surface area contributed by atoms with Gasteiger partial charge in [0.2, 0.25) is 0 Å². The predicted molar refractivity (Wildman–Crippen MR) is 97.5 cm³/mol. The molecule has 3 rings (SSSR count). The Morgan fingerprint density at radius 3 is 2.44 bits per heavy atom. The minimum absolute atomic E-state index is 0.162. The van der Waals surface area contributed by atoms with E-state index >= 15 is 0 Å². The molecule has 1 aliphatic rings. The van der Waals surface area contributed by atoms with Gasteiger partial charge in [-0.25, -0.2) is 9.18 Å². The van der Waals surface area contributed by atoms with E-state index in [0.29, 0.717) is 12.1 Å². The van der Waals surface area contributed by atoms with Crippen LogP contribution in [0.15, 0.2) is 48.5 Å². The molecule has 0 unspecified atom stereocenters. The summed E-state index contributed by atoms with van der Waals surface area (Å²) in [5.41, 5.74) is 6.96. The van der Waals surface area contributed by atoms with Crippen LogP contribution in [0.4, 0.5) is 20.6 Å². The second kappa shape index (κ2) is 9.48. The smallest absolute Gasteiger partial charge is 0.402 e. The fraction of sp³-hybridized carbons (Fsp3) is 0.278. The van der Waals surface area contributed by atoms with Crippen LogP contribution in [-0.2, 0) is 6.54 Å². The van der Waals surface area contributed by atoms with Crippen LogP contribution < -0.4 is 21.3 Å². The number of amides is 1. The van der Waals surface area contributed by atoms with Gasteiger partial charge in [0.15, 0.2) is 0 Å². The molecule has 1 saturated heterocycles. The van der Waals surface area contributed by atoms with Crippen molar-refractivity contribution in [2.24, 2.45) is 5.73 Å². The van der Waals surface area contributed by atoms with Crippen molar-refractivity contribution >= 4 is 17.5 Å². The van der Waals surface area contributed by atoms with E-state index in [1.54, 1.807) is 6.07 Å². The number of piperazine rings is 1. The lowest BCUT2D eigenvalue weighted by molar-refractivity contribution is 0.205. The first kappa shape index (κ1) is 18.5. The van der Waals surface area contributed by atoms with Gasteiger partial charge < -0.3 is 26.4 Å². The minimum Gasteiger partial charge on any atom is -0.465 e. The number of benzene rings is 2. The predicted octanol–water partition coefficient (Wildman–Crippen LogP) is 2.47. The molecule has 1 heterocycles. The first-order valence-electron chi connectivity index (χ1n) is 8.08. The topological polar surface area (TPSA) is 90.6 Å². The Bertz CT molecular complexity index is 686. The van der Waals surface area contributed by atoms with Crippen molar-refractivity contribution < 1.29 is 14.3 Å². The van der Waals surface area contributed by atoms with Crippen LogP contribution in [0.5, 0.6) is 0 Å². The number of nitrogens with two attached hydrogens (primary N) is 1. The second-order valence-corrected chi connectivity index (χ2v) is 5.54. The third-order valence-corrected chi connectivity index (χ3v) is 3.79. The van der Waals surface area contributed by atoms with Crippen LogP contribution in [0.25, 0.3) is 0 Å². The number of carboxylic acid groups (broad SMARTS) is 1. The Balaban J connectivity index is 0.000000511. The number of rotatable bonds is 4. The van der Waals surface area contributed by atoms with Gasteiger partial charge in [0.05, 0.1) is 11.4 Å². The maximum atomic E-state index is 13.7. The summed E-state index contributed by atoms with van der Waals surface area (Å²) in [5, 5.41) is 13.9. The Morgan fingerprint density at radius 2 is 1.76 bits per heavy atom. The van der Waals surface area contributed by atoms with Gasteiger partial charge in [0.25, 0.3) is 0 Å². The molecule has 0 aliphatic carbocycles. The lowest BCUT2D eigenvalue weighted by Crippen LogP contribution is -2.43. The first-order chi connectivity index (χ1) is 12.1. The standard InChI is InChI=1S/C17H20FN3.CH3NO2/c18-15-6-2-1-5-14(15)13-20-16-7-3-4-8-17(16)21-11-9-19-10-12-21;2-1(3)4/h1-8,19-20H,9-13H2;2H2,(H,3,4). The summed E-state index contributed by atoms with van der Waals surface area (Å²) in [4.78, 5) is 11.1. The van der Waals surface area contributed by atoms with E-state index in [4.69, 9.17) is 9.90 Å². The highest BCUT2D eigenvalue weighted by molar-refractivity contribution is 5.70. The van der Waals surface area contributed by atoms with Crippen LogP contribution in [0.3, 0.4) is 0 Å². The zero-order valence-electron chi connectivity index (χ0n) is 13.9. The van der Waals surface area contributed by atoms with Crippen LogP contribution in [0.2, 0.25) is 0 Å². The maximum absolute atomic E-state index is 13.7. The molecule has 0 atom stereocenters. The summed E-state index contributed by atoms with van der Waals surface area (Å²) in [6.07, 6.45) is -1.33. The molecule has 1 amide bonds. The zero-order chi connectivity index (χ0) is 18.1. The lowest BCUT2D eigenvalue weighted by atomic mass is 10.2. The number of anilines is 2. The maximum Gasteiger partial charge on any atom is 0.402 e. The van der Waals surface area contributed by atoms with E-state index in [9.17, 15) is 4.39 Å². The molecule has 0 spiro atoms. The molecule has 0 bridgehead atoms. The van der Waals surface area contributed by atoms with Crippen LogP contribution in [-0.4, -0.2) is 37.4 Å². The SMILES string of the molecule is Fc1ccccc1CNc1ccccc1N1CCNCC1.NC(=O)O. The van der Waals surface area contributed by atoms with Crippen molar-refractivity contribution in [3.8, 4) is 0 Å². The Hall–Kier alpha value is -2.80. The van der Waals surface area contributed by atoms with Gasteiger partial charge in [-0.1, -0.05) is 30.3 Å². The Morgan fingerprint density at radius 1 is 1.16 bits per heavy atom. The van der Waals surface area contributed by atoms with Gasteiger partial charge in [-0.15, -0.1) is 0 Å². The van der Waals surface area contributed by atoms with Crippen molar-refractivity contribution in [1.29, 1.82) is 0 Å². The van der Waals surface area contributed by atoms with E-state index in [2.05, 4.69) is 33.4 Å². The summed E-state index contributed by atoms with van der Waals surface area (Å²) < 4.78 is 13.7. The lowest BCUT2D eigenvalue weighted by Gasteiger charge is -2.31. The van der Waals surface area contributed by atoms with Gasteiger partial charge in [-0.3, -0.25) is 0 Å². The number of nitrogens with one attached hydrogen (secondary N) is 2.